The summed E-state index contributed by atoms with van der Waals surface area (Å²) in [5, 5.41) is 8.04. The Balaban J connectivity index is -0.000000180. The minimum absolute atomic E-state index is 0. The van der Waals surface area contributed by atoms with Crippen LogP contribution < -0.4 is 5.73 Å². The molecule has 1 amide bonds. The fourth-order valence-corrected chi connectivity index (χ4v) is 0.0636. The van der Waals surface area contributed by atoms with Gasteiger partial charge in [-0.25, -0.2) is 0 Å². The van der Waals surface area contributed by atoms with Crippen LogP contribution in [-0.4, -0.2) is 11.0 Å². The number of hydrogen-bond donors (Lipinski definition) is 2. The third-order valence-electron chi connectivity index (χ3n) is 0.582. The monoisotopic (exact) mass is 173 g/mol. The number of amides is 1. The van der Waals surface area contributed by atoms with Gasteiger partial charge < -0.3 is 10.8 Å². The zero-order chi connectivity index (χ0) is 5.86. The smallest absolute Gasteiger partial charge is 0.247 e. The van der Waals surface area contributed by atoms with Gasteiger partial charge in [0.1, 0.15) is 0 Å². The summed E-state index contributed by atoms with van der Waals surface area (Å²) < 4.78 is 0. The van der Waals surface area contributed by atoms with Crippen molar-refractivity contribution in [1.82, 2.24) is 0 Å². The van der Waals surface area contributed by atoms with Crippen LogP contribution in [0.2, 0.25) is 0 Å². The summed E-state index contributed by atoms with van der Waals surface area (Å²) in [6, 6.07) is 0. The molecule has 0 atom stereocenters. The third-order valence-corrected chi connectivity index (χ3v) is 0.582. The van der Waals surface area contributed by atoms with E-state index in [-0.39, 0.29) is 30.4 Å². The van der Waals surface area contributed by atoms with Crippen LogP contribution in [0.5, 0.6) is 0 Å². The van der Waals surface area contributed by atoms with Crippen molar-refractivity contribution in [3.63, 3.8) is 0 Å². The highest BCUT2D eigenvalue weighted by Gasteiger charge is 1.92. The summed E-state index contributed by atoms with van der Waals surface area (Å²) in [6.45, 7) is 1.43. The molecule has 0 aliphatic carbocycles. The molecule has 0 aliphatic heterocycles. The molecule has 0 fully saturated rings. The molecule has 5 heteroatoms. The molecular weight excluding hydrogens is 165 g/mol. The van der Waals surface area contributed by atoms with Crippen molar-refractivity contribution in [3.8, 4) is 0 Å². The molecule has 0 aromatic rings. The Morgan fingerprint density at radius 3 is 1.89 bits per heavy atom. The second-order valence-corrected chi connectivity index (χ2v) is 1.18. The van der Waals surface area contributed by atoms with Gasteiger partial charge in [-0.1, -0.05) is 0 Å². The first-order chi connectivity index (χ1) is 3.18. The van der Waals surface area contributed by atoms with Crippen molar-refractivity contribution in [1.29, 1.82) is 0 Å². The summed E-state index contributed by atoms with van der Waals surface area (Å²) in [7, 11) is 0. The van der Waals surface area contributed by atoms with Crippen molar-refractivity contribution in [2.45, 2.75) is 6.92 Å². The van der Waals surface area contributed by atoms with Gasteiger partial charge in [0.15, 0.2) is 0 Å². The normalized spacial score (nSPS) is 8.78. The van der Waals surface area contributed by atoms with Crippen LogP contribution in [-0.2, 0) is 4.79 Å². The quantitative estimate of drug-likeness (QED) is 0.455. The fraction of sp³-hybridized carbons (Fsp3) is 0.250. The first-order valence-corrected chi connectivity index (χ1v) is 1.79. The largest absolute Gasteiger partial charge is 0.515 e. The number of rotatable bonds is 1. The number of nitrogens with two attached hydrogens (primary N) is 1. The molecule has 56 valence electrons. The standard InChI is InChI=1S/C4H7NO2.2ClH/c1-3(2-6)4(5)7;;/h2,6H,1H3,(H2,5,7);2*1H. The van der Waals surface area contributed by atoms with Gasteiger partial charge in [0.2, 0.25) is 5.91 Å². The molecule has 0 heterocycles. The van der Waals surface area contributed by atoms with Crippen molar-refractivity contribution in [3.05, 3.63) is 11.8 Å². The molecular formula is C4H9Cl2NO2. The fourth-order valence-electron chi connectivity index (χ4n) is 0.0636. The molecule has 0 rings (SSSR count). The van der Waals surface area contributed by atoms with E-state index in [0.717, 1.165) is 0 Å². The Morgan fingerprint density at radius 1 is 1.56 bits per heavy atom. The van der Waals surface area contributed by atoms with Crippen LogP contribution in [0, 0.1) is 0 Å². The molecule has 0 aliphatic rings. The maximum absolute atomic E-state index is 9.92. The maximum Gasteiger partial charge on any atom is 0.247 e. The van der Waals surface area contributed by atoms with Crippen LogP contribution >= 0.6 is 24.8 Å². The lowest BCUT2D eigenvalue weighted by Crippen LogP contribution is -2.11. The number of aliphatic hydroxyl groups is 1. The Kier molecular flexibility index (Phi) is 13.4. The molecule has 0 bridgehead atoms. The second kappa shape index (κ2) is 7.59. The highest BCUT2D eigenvalue weighted by Crippen LogP contribution is 1.83. The first-order valence-electron chi connectivity index (χ1n) is 1.79. The van der Waals surface area contributed by atoms with Gasteiger partial charge in [0, 0.05) is 5.57 Å². The summed E-state index contributed by atoms with van der Waals surface area (Å²) in [5.41, 5.74) is 4.85. The average Bonchev–Trinajstić information content (AvgIpc) is 1.65. The van der Waals surface area contributed by atoms with E-state index >= 15 is 0 Å². The third kappa shape index (κ3) is 7.59. The number of carbonyl (C=O) groups is 1. The molecule has 3 nitrogen and oxygen atoms in total. The molecule has 0 saturated carbocycles. The van der Waals surface area contributed by atoms with Crippen molar-refractivity contribution >= 4 is 30.7 Å². The van der Waals surface area contributed by atoms with Crippen LogP contribution in [0.1, 0.15) is 6.92 Å². The van der Waals surface area contributed by atoms with E-state index in [9.17, 15) is 4.79 Å². The van der Waals surface area contributed by atoms with E-state index in [0.29, 0.717) is 6.26 Å². The molecule has 0 radical (unpaired) electrons. The Morgan fingerprint density at radius 2 is 1.89 bits per heavy atom. The van der Waals surface area contributed by atoms with E-state index in [1.807, 2.05) is 0 Å². The lowest BCUT2D eigenvalue weighted by atomic mass is 10.3. The Hall–Kier alpha value is -0.410. The van der Waals surface area contributed by atoms with Gasteiger partial charge in [-0.3, -0.25) is 4.79 Å². The second-order valence-electron chi connectivity index (χ2n) is 1.18. The van der Waals surface area contributed by atoms with Crippen LogP contribution in [0.4, 0.5) is 0 Å². The predicted octanol–water partition coefficient (Wildman–Crippen LogP) is 0.777. The summed E-state index contributed by atoms with van der Waals surface area (Å²) in [6.07, 6.45) is 0.683. The molecule has 3 N–H and O–H groups in total. The minimum atomic E-state index is -0.595. The van der Waals surface area contributed by atoms with Crippen molar-refractivity contribution in [2.75, 3.05) is 0 Å². The van der Waals surface area contributed by atoms with Crippen LogP contribution in [0.15, 0.2) is 11.8 Å². The van der Waals surface area contributed by atoms with Crippen molar-refractivity contribution < 1.29 is 9.90 Å². The molecule has 0 aromatic heterocycles. The molecule has 9 heavy (non-hydrogen) atoms. The Labute approximate surface area is 65.7 Å². The van der Waals surface area contributed by atoms with Crippen molar-refractivity contribution in [2.24, 2.45) is 5.73 Å². The Bertz CT molecular complexity index is 113. The number of carbonyl (C=O) groups excluding carboxylic acids is 1. The number of aliphatic hydroxyl groups excluding tert-OH is 1. The zero-order valence-electron chi connectivity index (χ0n) is 4.83. The molecule has 0 aromatic carbocycles. The summed E-state index contributed by atoms with van der Waals surface area (Å²) in [4.78, 5) is 9.92. The van der Waals surface area contributed by atoms with Gasteiger partial charge in [0.25, 0.3) is 0 Å². The zero-order valence-corrected chi connectivity index (χ0v) is 6.46. The van der Waals surface area contributed by atoms with Gasteiger partial charge in [-0.05, 0) is 6.92 Å². The average molecular weight is 174 g/mol. The van der Waals surface area contributed by atoms with E-state index < -0.39 is 5.91 Å². The molecule has 0 saturated heterocycles. The van der Waals surface area contributed by atoms with Gasteiger partial charge in [0.05, 0.1) is 6.26 Å². The van der Waals surface area contributed by atoms with Gasteiger partial charge >= 0.3 is 0 Å². The van der Waals surface area contributed by atoms with Gasteiger partial charge in [-0.15, -0.1) is 24.8 Å². The van der Waals surface area contributed by atoms with E-state index in [1.54, 1.807) is 0 Å². The highest BCUT2D eigenvalue weighted by molar-refractivity contribution is 5.90. The SMILES string of the molecule is CC(=CO)C(N)=O.Cl.Cl. The molecule has 0 unspecified atom stereocenters. The predicted molar refractivity (Wildman–Crippen MR) is 40.1 cm³/mol. The van der Waals surface area contributed by atoms with E-state index in [2.05, 4.69) is 5.73 Å². The van der Waals surface area contributed by atoms with Gasteiger partial charge in [-0.2, -0.15) is 0 Å². The molecule has 0 spiro atoms. The highest BCUT2D eigenvalue weighted by atomic mass is 35.5. The maximum atomic E-state index is 9.92. The number of hydrogen-bond acceptors (Lipinski definition) is 2. The summed E-state index contributed by atoms with van der Waals surface area (Å²) in [5.74, 6) is -0.595. The minimum Gasteiger partial charge on any atom is -0.515 e. The summed E-state index contributed by atoms with van der Waals surface area (Å²) >= 11 is 0. The van der Waals surface area contributed by atoms with E-state index in [4.69, 9.17) is 5.11 Å². The van der Waals surface area contributed by atoms with Crippen LogP contribution in [0.25, 0.3) is 0 Å². The first kappa shape index (κ1) is 15.8. The number of primary amides is 1. The van der Waals surface area contributed by atoms with Crippen LogP contribution in [0.3, 0.4) is 0 Å². The topological polar surface area (TPSA) is 63.3 Å². The lowest BCUT2D eigenvalue weighted by Gasteiger charge is -1.84. The number of halogens is 2. The lowest BCUT2D eigenvalue weighted by molar-refractivity contribution is -0.114. The van der Waals surface area contributed by atoms with E-state index in [1.165, 1.54) is 6.92 Å².